The topological polar surface area (TPSA) is 96.5 Å². The van der Waals surface area contributed by atoms with E-state index in [0.717, 1.165) is 4.90 Å². The molecule has 2 aliphatic heterocycles. The van der Waals surface area contributed by atoms with Gasteiger partial charge >= 0.3 is 17.8 Å². The molecule has 9 heteroatoms. The van der Waals surface area contributed by atoms with Crippen molar-refractivity contribution in [1.82, 2.24) is 14.7 Å². The van der Waals surface area contributed by atoms with Crippen molar-refractivity contribution in [2.24, 2.45) is 5.92 Å². The second kappa shape index (κ2) is 7.87. The molecule has 0 N–H and O–H groups in total. The van der Waals surface area contributed by atoms with Crippen molar-refractivity contribution in [1.29, 1.82) is 0 Å². The zero-order valence-electron chi connectivity index (χ0n) is 16.1. The highest BCUT2D eigenvalue weighted by Crippen LogP contribution is 2.31. The van der Waals surface area contributed by atoms with E-state index < -0.39 is 30.3 Å². The Balaban J connectivity index is 1.58. The van der Waals surface area contributed by atoms with Gasteiger partial charge in [0.2, 0.25) is 5.91 Å². The van der Waals surface area contributed by atoms with E-state index in [0.29, 0.717) is 16.4 Å². The zero-order valence-corrected chi connectivity index (χ0v) is 16.1. The van der Waals surface area contributed by atoms with E-state index in [-0.39, 0.29) is 31.7 Å². The highest BCUT2D eigenvalue weighted by Gasteiger charge is 2.45. The quantitative estimate of drug-likeness (QED) is 0.526. The van der Waals surface area contributed by atoms with Crippen LogP contribution in [0.1, 0.15) is 13.8 Å². The van der Waals surface area contributed by atoms with Crippen LogP contribution in [-0.2, 0) is 14.4 Å². The smallest absolute Gasteiger partial charge is 0.334 e. The first-order chi connectivity index (χ1) is 13.3. The summed E-state index contributed by atoms with van der Waals surface area (Å²) >= 11 is 0. The van der Waals surface area contributed by atoms with Gasteiger partial charge in [0, 0.05) is 13.6 Å². The largest absolute Gasteiger partial charge is 0.486 e. The molecular weight excluding hydrogens is 366 g/mol. The summed E-state index contributed by atoms with van der Waals surface area (Å²) in [5.74, 6) is -1.08. The van der Waals surface area contributed by atoms with Crippen LogP contribution in [0, 0.1) is 5.92 Å². The van der Waals surface area contributed by atoms with Crippen LogP contribution >= 0.6 is 0 Å². The zero-order chi connectivity index (χ0) is 20.4. The number of amides is 5. The number of ether oxygens (including phenoxy) is 2. The molecule has 2 heterocycles. The molecule has 0 radical (unpaired) electrons. The number of benzene rings is 1. The predicted molar refractivity (Wildman–Crippen MR) is 97.7 cm³/mol. The summed E-state index contributed by atoms with van der Waals surface area (Å²) in [5, 5.41) is 0. The monoisotopic (exact) mass is 389 g/mol. The fraction of sp³-hybridized carbons (Fsp3) is 0.474. The number of hydrogen-bond donors (Lipinski definition) is 0. The van der Waals surface area contributed by atoms with Crippen LogP contribution in [-0.4, -0.2) is 77.8 Å². The van der Waals surface area contributed by atoms with E-state index in [4.69, 9.17) is 9.47 Å². The first-order valence-corrected chi connectivity index (χ1v) is 9.07. The Kier molecular flexibility index (Phi) is 5.53. The third-order valence-electron chi connectivity index (χ3n) is 4.45. The Labute approximate surface area is 162 Å². The first kappa shape index (κ1) is 19.7. The van der Waals surface area contributed by atoms with Gasteiger partial charge in [0.1, 0.15) is 13.2 Å². The van der Waals surface area contributed by atoms with E-state index in [1.165, 1.54) is 4.90 Å². The van der Waals surface area contributed by atoms with Crippen LogP contribution in [0.4, 0.5) is 4.79 Å². The minimum atomic E-state index is -0.974. The number of carbonyl (C=O) groups excluding carboxylic acids is 4. The van der Waals surface area contributed by atoms with Crippen molar-refractivity contribution in [2.45, 2.75) is 20.0 Å². The van der Waals surface area contributed by atoms with Crippen molar-refractivity contribution in [3.8, 4) is 11.5 Å². The molecule has 1 aromatic rings. The average molecular weight is 389 g/mol. The van der Waals surface area contributed by atoms with Gasteiger partial charge in [-0.1, -0.05) is 26.0 Å². The molecule has 28 heavy (non-hydrogen) atoms. The molecule has 5 amide bonds. The second-order valence-electron chi connectivity index (χ2n) is 7.26. The standard InChI is InChI=1S/C19H23N3O6/c1-12(2)8-21-17(24)18(25)22(19(21)26)10-16(23)20(3)9-13-11-27-14-6-4-5-7-15(14)28-13/h4-7,12-13H,8-11H2,1-3H3/t13-/m1/s1. The van der Waals surface area contributed by atoms with Gasteiger partial charge in [0.15, 0.2) is 17.6 Å². The molecule has 1 atom stereocenters. The predicted octanol–water partition coefficient (Wildman–Crippen LogP) is 0.732. The van der Waals surface area contributed by atoms with Crippen LogP contribution < -0.4 is 9.47 Å². The Hall–Kier alpha value is -3.10. The van der Waals surface area contributed by atoms with Gasteiger partial charge in [-0.25, -0.2) is 9.69 Å². The number of carbonyl (C=O) groups is 4. The lowest BCUT2D eigenvalue weighted by Gasteiger charge is -2.30. The minimum Gasteiger partial charge on any atom is -0.486 e. The molecule has 1 saturated heterocycles. The maximum Gasteiger partial charge on any atom is 0.334 e. The van der Waals surface area contributed by atoms with Gasteiger partial charge in [0.25, 0.3) is 0 Å². The molecule has 1 fully saturated rings. The number of rotatable bonds is 6. The van der Waals surface area contributed by atoms with Gasteiger partial charge in [-0.3, -0.25) is 19.3 Å². The molecule has 150 valence electrons. The molecule has 2 aliphatic rings. The SMILES string of the molecule is CC(C)CN1C(=O)C(=O)N(CC(=O)N(C)C[C@@H]2COc3ccccc3O2)C1=O. The van der Waals surface area contributed by atoms with Crippen LogP contribution in [0.25, 0.3) is 0 Å². The normalized spacial score (nSPS) is 18.9. The van der Waals surface area contributed by atoms with Crippen LogP contribution in [0.2, 0.25) is 0 Å². The molecule has 0 saturated carbocycles. The number of urea groups is 1. The molecule has 3 rings (SSSR count). The molecule has 1 aromatic carbocycles. The Morgan fingerprint density at radius 2 is 1.79 bits per heavy atom. The first-order valence-electron chi connectivity index (χ1n) is 9.07. The second-order valence-corrected chi connectivity index (χ2v) is 7.26. The van der Waals surface area contributed by atoms with Crippen molar-refractivity contribution in [3.63, 3.8) is 0 Å². The number of likely N-dealkylation sites (N-methyl/N-ethyl adjacent to an activating group) is 1. The van der Waals surface area contributed by atoms with Gasteiger partial charge in [0.05, 0.1) is 6.54 Å². The van der Waals surface area contributed by atoms with Gasteiger partial charge in [-0.15, -0.1) is 0 Å². The highest BCUT2D eigenvalue weighted by atomic mass is 16.6. The number of hydrogen-bond acceptors (Lipinski definition) is 6. The molecule has 0 spiro atoms. The van der Waals surface area contributed by atoms with Crippen LogP contribution in [0.5, 0.6) is 11.5 Å². The number of imide groups is 2. The lowest BCUT2D eigenvalue weighted by Crippen LogP contribution is -2.46. The summed E-state index contributed by atoms with van der Waals surface area (Å²) in [6, 6.07) is 6.48. The van der Waals surface area contributed by atoms with E-state index in [1.807, 2.05) is 26.0 Å². The van der Waals surface area contributed by atoms with Crippen LogP contribution in [0.15, 0.2) is 24.3 Å². The van der Waals surface area contributed by atoms with E-state index in [9.17, 15) is 19.2 Å². The van der Waals surface area contributed by atoms with Crippen molar-refractivity contribution in [3.05, 3.63) is 24.3 Å². The Morgan fingerprint density at radius 3 is 2.46 bits per heavy atom. The van der Waals surface area contributed by atoms with Gasteiger partial charge in [-0.2, -0.15) is 0 Å². The van der Waals surface area contributed by atoms with E-state index in [2.05, 4.69) is 0 Å². The highest BCUT2D eigenvalue weighted by molar-refractivity contribution is 6.45. The molecular formula is C19H23N3O6. The lowest BCUT2D eigenvalue weighted by atomic mass is 10.2. The number of fused-ring (bicyclic) bond motifs is 1. The minimum absolute atomic E-state index is 0.0188. The maximum absolute atomic E-state index is 12.5. The average Bonchev–Trinajstić information content (AvgIpc) is 2.85. The van der Waals surface area contributed by atoms with Crippen LogP contribution in [0.3, 0.4) is 0 Å². The Bertz CT molecular complexity index is 809. The summed E-state index contributed by atoms with van der Waals surface area (Å²) in [5.41, 5.74) is 0. The summed E-state index contributed by atoms with van der Waals surface area (Å²) in [6.45, 7) is 3.80. The molecule has 0 unspecified atom stereocenters. The van der Waals surface area contributed by atoms with Gasteiger partial charge < -0.3 is 14.4 Å². The van der Waals surface area contributed by atoms with E-state index in [1.54, 1.807) is 19.2 Å². The Morgan fingerprint density at radius 1 is 1.14 bits per heavy atom. The number of para-hydroxylation sites is 2. The van der Waals surface area contributed by atoms with Crippen molar-refractivity contribution >= 4 is 23.8 Å². The lowest BCUT2D eigenvalue weighted by molar-refractivity contribution is -0.145. The summed E-state index contributed by atoms with van der Waals surface area (Å²) < 4.78 is 11.4. The fourth-order valence-corrected chi connectivity index (χ4v) is 3.03. The molecule has 9 nitrogen and oxygen atoms in total. The molecule has 0 bridgehead atoms. The third kappa shape index (κ3) is 3.92. The number of nitrogens with zero attached hydrogens (tertiary/aromatic N) is 3. The van der Waals surface area contributed by atoms with Crippen molar-refractivity contribution in [2.75, 3.05) is 33.3 Å². The van der Waals surface area contributed by atoms with Crippen molar-refractivity contribution < 1.29 is 28.7 Å². The molecule has 0 aliphatic carbocycles. The maximum atomic E-state index is 12.5. The van der Waals surface area contributed by atoms with E-state index >= 15 is 0 Å². The summed E-state index contributed by atoms with van der Waals surface area (Å²) in [7, 11) is 1.55. The van der Waals surface area contributed by atoms with Gasteiger partial charge in [-0.05, 0) is 18.1 Å². The summed E-state index contributed by atoms with van der Waals surface area (Å²) in [6.07, 6.45) is -0.382. The third-order valence-corrected chi connectivity index (χ3v) is 4.45. The fourth-order valence-electron chi connectivity index (χ4n) is 3.03. The summed E-state index contributed by atoms with van der Waals surface area (Å²) in [4.78, 5) is 51.9. The molecule has 0 aromatic heterocycles.